The second kappa shape index (κ2) is 3.05. The van der Waals surface area contributed by atoms with Gasteiger partial charge in [0.25, 0.3) is 5.88 Å². The first-order valence-electron chi connectivity index (χ1n) is 3.00. The highest BCUT2D eigenvalue weighted by Crippen LogP contribution is 2.14. The Hall–Kier alpha value is -1.52. The molecule has 0 radical (unpaired) electrons. The van der Waals surface area contributed by atoms with Crippen molar-refractivity contribution in [1.29, 1.82) is 0 Å². The first-order chi connectivity index (χ1) is 5.22. The van der Waals surface area contributed by atoms with E-state index in [0.29, 0.717) is 5.88 Å². The van der Waals surface area contributed by atoms with Crippen molar-refractivity contribution in [2.45, 2.75) is 6.92 Å². The van der Waals surface area contributed by atoms with E-state index < -0.39 is 0 Å². The summed E-state index contributed by atoms with van der Waals surface area (Å²) in [7, 11) is 1.47. The van der Waals surface area contributed by atoms with Gasteiger partial charge in [-0.1, -0.05) is 0 Å². The summed E-state index contributed by atoms with van der Waals surface area (Å²) in [6.07, 6.45) is 0. The van der Waals surface area contributed by atoms with E-state index in [1.165, 1.54) is 20.1 Å². The van der Waals surface area contributed by atoms with Gasteiger partial charge in [0.15, 0.2) is 0 Å². The van der Waals surface area contributed by atoms with E-state index in [1.54, 1.807) is 0 Å². The highest BCUT2D eigenvalue weighted by molar-refractivity contribution is 5.87. The zero-order chi connectivity index (χ0) is 8.27. The molecule has 0 bridgehead atoms. The predicted octanol–water partition coefficient (Wildman–Crippen LogP) is 0.642. The summed E-state index contributed by atoms with van der Waals surface area (Å²) in [5, 5.41) is 5.89. The standard InChI is InChI=1S/C6H8N2O3/c1-4(9)7-5-3-6(10-2)8-11-5/h3H,1-2H3,(H,7,9). The molecule has 1 amide bonds. The Morgan fingerprint density at radius 1 is 1.82 bits per heavy atom. The number of rotatable bonds is 2. The molecule has 60 valence electrons. The van der Waals surface area contributed by atoms with Crippen molar-refractivity contribution >= 4 is 11.8 Å². The molecule has 1 rings (SSSR count). The molecule has 0 aliphatic carbocycles. The van der Waals surface area contributed by atoms with Crippen LogP contribution >= 0.6 is 0 Å². The van der Waals surface area contributed by atoms with Crippen LogP contribution in [0.3, 0.4) is 0 Å². The normalized spacial score (nSPS) is 9.27. The van der Waals surface area contributed by atoms with Crippen LogP contribution in [0.2, 0.25) is 0 Å². The number of nitrogens with zero attached hydrogens (tertiary/aromatic N) is 1. The van der Waals surface area contributed by atoms with Crippen LogP contribution < -0.4 is 10.1 Å². The molecule has 1 heterocycles. The zero-order valence-corrected chi connectivity index (χ0v) is 6.25. The Bertz CT molecular complexity index is 256. The maximum atomic E-state index is 10.5. The molecule has 0 atom stereocenters. The SMILES string of the molecule is COc1cc(NC(C)=O)on1. The van der Waals surface area contributed by atoms with E-state index >= 15 is 0 Å². The third kappa shape index (κ3) is 1.96. The lowest BCUT2D eigenvalue weighted by Crippen LogP contribution is -2.04. The Kier molecular flexibility index (Phi) is 2.10. The molecule has 0 unspecified atom stereocenters. The van der Waals surface area contributed by atoms with Crippen molar-refractivity contribution in [3.05, 3.63) is 6.07 Å². The second-order valence-corrected chi connectivity index (χ2v) is 1.91. The van der Waals surface area contributed by atoms with Crippen molar-refractivity contribution in [3.63, 3.8) is 0 Å². The summed E-state index contributed by atoms with van der Waals surface area (Å²) in [5.41, 5.74) is 0. The lowest BCUT2D eigenvalue weighted by Gasteiger charge is -1.90. The number of amides is 1. The van der Waals surface area contributed by atoms with Gasteiger partial charge in [0, 0.05) is 6.92 Å². The van der Waals surface area contributed by atoms with Crippen LogP contribution in [0.1, 0.15) is 6.92 Å². The number of carbonyl (C=O) groups is 1. The summed E-state index contributed by atoms with van der Waals surface area (Å²) in [4.78, 5) is 10.5. The van der Waals surface area contributed by atoms with Crippen molar-refractivity contribution in [1.82, 2.24) is 5.16 Å². The maximum Gasteiger partial charge on any atom is 0.256 e. The summed E-state index contributed by atoms with van der Waals surface area (Å²) in [6, 6.07) is 1.49. The Labute approximate surface area is 63.3 Å². The largest absolute Gasteiger partial charge is 0.479 e. The fourth-order valence-corrected chi connectivity index (χ4v) is 0.588. The van der Waals surface area contributed by atoms with Gasteiger partial charge in [0.2, 0.25) is 11.8 Å². The van der Waals surface area contributed by atoms with Crippen LogP contribution in [-0.4, -0.2) is 18.2 Å². The number of ether oxygens (including phenoxy) is 1. The quantitative estimate of drug-likeness (QED) is 0.682. The van der Waals surface area contributed by atoms with Gasteiger partial charge < -0.3 is 9.26 Å². The first-order valence-corrected chi connectivity index (χ1v) is 3.00. The molecule has 0 saturated carbocycles. The molecule has 1 aromatic rings. The average Bonchev–Trinajstić information content (AvgIpc) is 2.34. The molecule has 11 heavy (non-hydrogen) atoms. The van der Waals surface area contributed by atoms with Crippen LogP contribution in [0.4, 0.5) is 5.88 Å². The lowest BCUT2D eigenvalue weighted by atomic mass is 10.6. The van der Waals surface area contributed by atoms with E-state index in [0.717, 1.165) is 0 Å². The summed E-state index contributed by atoms with van der Waals surface area (Å²) < 4.78 is 9.38. The van der Waals surface area contributed by atoms with Gasteiger partial charge in [-0.2, -0.15) is 0 Å². The fourth-order valence-electron chi connectivity index (χ4n) is 0.588. The number of hydrogen-bond donors (Lipinski definition) is 1. The Morgan fingerprint density at radius 3 is 3.00 bits per heavy atom. The van der Waals surface area contributed by atoms with E-state index in [9.17, 15) is 4.79 Å². The summed E-state index contributed by atoms with van der Waals surface area (Å²) in [6.45, 7) is 1.38. The molecule has 0 aliphatic rings. The van der Waals surface area contributed by atoms with Crippen molar-refractivity contribution in [2.24, 2.45) is 0 Å². The highest BCUT2D eigenvalue weighted by atomic mass is 16.5. The van der Waals surface area contributed by atoms with Gasteiger partial charge in [0.1, 0.15) is 0 Å². The number of carbonyl (C=O) groups excluding carboxylic acids is 1. The van der Waals surface area contributed by atoms with Crippen molar-refractivity contribution < 1.29 is 14.1 Å². The third-order valence-corrected chi connectivity index (χ3v) is 0.997. The molecule has 1 aromatic heterocycles. The van der Waals surface area contributed by atoms with Crippen LogP contribution in [0, 0.1) is 0 Å². The molecule has 0 spiro atoms. The van der Waals surface area contributed by atoms with Crippen LogP contribution in [0.15, 0.2) is 10.6 Å². The van der Waals surface area contributed by atoms with Gasteiger partial charge in [-0.3, -0.25) is 10.1 Å². The van der Waals surface area contributed by atoms with Crippen LogP contribution in [0.25, 0.3) is 0 Å². The number of methoxy groups -OCH3 is 1. The van der Waals surface area contributed by atoms with Crippen molar-refractivity contribution in [3.8, 4) is 5.88 Å². The number of nitrogens with one attached hydrogen (secondary N) is 1. The van der Waals surface area contributed by atoms with Gasteiger partial charge in [0.05, 0.1) is 13.2 Å². The monoisotopic (exact) mass is 156 g/mol. The molecule has 0 aromatic carbocycles. The minimum Gasteiger partial charge on any atom is -0.479 e. The van der Waals surface area contributed by atoms with Gasteiger partial charge in [-0.15, -0.1) is 0 Å². The van der Waals surface area contributed by atoms with Gasteiger partial charge in [-0.25, -0.2) is 0 Å². The molecule has 5 heteroatoms. The van der Waals surface area contributed by atoms with Gasteiger partial charge >= 0.3 is 0 Å². The minimum absolute atomic E-state index is 0.205. The number of anilines is 1. The zero-order valence-electron chi connectivity index (χ0n) is 6.25. The Balaban J connectivity index is 2.65. The first kappa shape index (κ1) is 7.59. The molecule has 0 aliphatic heterocycles. The van der Waals surface area contributed by atoms with Crippen LogP contribution in [-0.2, 0) is 4.79 Å². The van der Waals surface area contributed by atoms with E-state index in [1.807, 2.05) is 0 Å². The van der Waals surface area contributed by atoms with Crippen LogP contribution in [0.5, 0.6) is 5.88 Å². The maximum absolute atomic E-state index is 10.5. The number of aromatic nitrogens is 1. The minimum atomic E-state index is -0.205. The molecule has 5 nitrogen and oxygen atoms in total. The van der Waals surface area contributed by atoms with E-state index in [4.69, 9.17) is 4.74 Å². The lowest BCUT2D eigenvalue weighted by molar-refractivity contribution is -0.114. The number of hydrogen-bond acceptors (Lipinski definition) is 4. The second-order valence-electron chi connectivity index (χ2n) is 1.91. The molecule has 1 N–H and O–H groups in total. The third-order valence-electron chi connectivity index (χ3n) is 0.997. The summed E-state index contributed by atoms with van der Waals surface area (Å²) >= 11 is 0. The Morgan fingerprint density at radius 2 is 2.55 bits per heavy atom. The molecule has 0 fully saturated rings. The fraction of sp³-hybridized carbons (Fsp3) is 0.333. The van der Waals surface area contributed by atoms with Gasteiger partial charge in [-0.05, 0) is 5.16 Å². The highest BCUT2D eigenvalue weighted by Gasteiger charge is 2.03. The molecular weight excluding hydrogens is 148 g/mol. The molecular formula is C6H8N2O3. The topological polar surface area (TPSA) is 64.4 Å². The average molecular weight is 156 g/mol. The summed E-state index contributed by atoms with van der Waals surface area (Å²) in [5.74, 6) is 0.423. The smallest absolute Gasteiger partial charge is 0.256 e. The van der Waals surface area contributed by atoms with E-state index in [2.05, 4.69) is 15.0 Å². The van der Waals surface area contributed by atoms with E-state index in [-0.39, 0.29) is 11.8 Å². The molecule has 0 saturated heterocycles. The predicted molar refractivity (Wildman–Crippen MR) is 37.4 cm³/mol. The van der Waals surface area contributed by atoms with Crippen molar-refractivity contribution in [2.75, 3.05) is 12.4 Å².